The third kappa shape index (κ3) is 13.6. The van der Waals surface area contributed by atoms with E-state index in [2.05, 4.69) is 0 Å². The summed E-state index contributed by atoms with van der Waals surface area (Å²) in [6, 6.07) is 0. The molecule has 114 valence electrons. The third-order valence-electron chi connectivity index (χ3n) is 2.25. The quantitative estimate of drug-likeness (QED) is 0.384. The molecule has 0 fully saturated rings. The lowest BCUT2D eigenvalue weighted by Crippen LogP contribution is -2.09. The Morgan fingerprint density at radius 1 is 1.00 bits per heavy atom. The van der Waals surface area contributed by atoms with E-state index < -0.39 is 5.97 Å². The van der Waals surface area contributed by atoms with Crippen LogP contribution in [0.4, 0.5) is 0 Å². The first-order valence-corrected chi connectivity index (χ1v) is 11.2. The van der Waals surface area contributed by atoms with Crippen LogP contribution in [0.5, 0.6) is 0 Å². The molecule has 0 rings (SSSR count). The molecule has 0 bridgehead atoms. The first-order chi connectivity index (χ1) is 9.07. The highest BCUT2D eigenvalue weighted by Gasteiger charge is 2.10. The predicted molar refractivity (Wildman–Crippen MR) is 92.2 cm³/mol. The fraction of sp³-hybridized carbons (Fsp3) is 0.917. The summed E-state index contributed by atoms with van der Waals surface area (Å²) >= 11 is 0. The maximum Gasteiger partial charge on any atom is 0.317 e. The number of hydrogen-bond acceptors (Lipinski definition) is 6. The van der Waals surface area contributed by atoms with Crippen molar-refractivity contribution < 1.29 is 15.0 Å². The predicted octanol–water partition coefficient (Wildman–Crippen LogP) is 4.16. The van der Waals surface area contributed by atoms with Crippen molar-refractivity contribution in [2.45, 2.75) is 50.0 Å². The van der Waals surface area contributed by atoms with Crippen molar-refractivity contribution in [2.24, 2.45) is 0 Å². The minimum atomic E-state index is -0.732. The molecule has 2 atom stereocenters. The Morgan fingerprint density at radius 3 is 2.00 bits per heavy atom. The van der Waals surface area contributed by atoms with E-state index >= 15 is 0 Å². The number of unbranched alkanes of at least 4 members (excludes halogenated alkanes) is 3. The Bertz CT molecular complexity index is 229. The number of rotatable bonds is 13. The summed E-state index contributed by atoms with van der Waals surface area (Å²) in [5.41, 5.74) is 0. The maximum atomic E-state index is 10.6. The second-order valence-corrected chi connectivity index (χ2v) is 9.98. The van der Waals surface area contributed by atoms with Gasteiger partial charge < -0.3 is 10.2 Å². The number of aliphatic carboxylic acids is 1. The van der Waals surface area contributed by atoms with Crippen LogP contribution in [-0.4, -0.2) is 44.8 Å². The Kier molecular flexibility index (Phi) is 14.4. The van der Waals surface area contributed by atoms with Crippen LogP contribution in [0.2, 0.25) is 0 Å². The molecule has 0 aromatic heterocycles. The number of carboxylic acids is 1. The summed E-state index contributed by atoms with van der Waals surface area (Å²) in [6.45, 7) is 4.01. The van der Waals surface area contributed by atoms with E-state index in [9.17, 15) is 4.79 Å². The van der Waals surface area contributed by atoms with Crippen molar-refractivity contribution in [1.82, 2.24) is 0 Å². The van der Waals surface area contributed by atoms with Crippen molar-refractivity contribution in [1.29, 1.82) is 0 Å². The van der Waals surface area contributed by atoms with Crippen molar-refractivity contribution in [3.05, 3.63) is 0 Å². The molecule has 0 aliphatic carbocycles. The molecule has 0 saturated heterocycles. The molecule has 7 heteroatoms. The molecule has 0 aromatic carbocycles. The van der Waals surface area contributed by atoms with Crippen LogP contribution in [0.15, 0.2) is 0 Å². The molecule has 2 unspecified atom stereocenters. The number of aliphatic hydroxyl groups excluding tert-OH is 1. The van der Waals surface area contributed by atoms with Crippen LogP contribution < -0.4 is 0 Å². The highest BCUT2D eigenvalue weighted by atomic mass is 33.1. The standard InChI is InChI=1S/C12H24O3S4/c1-10(9-13)18-16-7-5-3-4-6-8-17-19-11(2)12(14)15/h10-11,13H,3-9H2,1-2H3,(H,14,15). The molecule has 0 amide bonds. The Balaban J connectivity index is 3.13. The lowest BCUT2D eigenvalue weighted by atomic mass is 10.2. The van der Waals surface area contributed by atoms with Gasteiger partial charge in [-0.15, -0.1) is 0 Å². The summed E-state index contributed by atoms with van der Waals surface area (Å²) in [7, 11) is 6.71. The number of carbonyl (C=O) groups is 1. The fourth-order valence-electron chi connectivity index (χ4n) is 1.06. The molecule has 0 radical (unpaired) electrons. The summed E-state index contributed by atoms with van der Waals surface area (Å²) in [5, 5.41) is 17.6. The monoisotopic (exact) mass is 344 g/mol. The number of carboxylic acid groups (broad SMARTS) is 1. The van der Waals surface area contributed by atoms with Gasteiger partial charge in [-0.3, -0.25) is 4.79 Å². The zero-order valence-corrected chi connectivity index (χ0v) is 14.8. The van der Waals surface area contributed by atoms with Gasteiger partial charge in [-0.2, -0.15) is 0 Å². The highest BCUT2D eigenvalue weighted by Crippen LogP contribution is 2.29. The van der Waals surface area contributed by atoms with Crippen LogP contribution in [0.1, 0.15) is 39.5 Å². The van der Waals surface area contributed by atoms with Crippen LogP contribution in [0, 0.1) is 0 Å². The van der Waals surface area contributed by atoms with E-state index in [0.717, 1.165) is 17.9 Å². The van der Waals surface area contributed by atoms with Crippen molar-refractivity contribution in [3.63, 3.8) is 0 Å². The van der Waals surface area contributed by atoms with E-state index in [-0.39, 0.29) is 11.9 Å². The minimum Gasteiger partial charge on any atom is -0.480 e. The van der Waals surface area contributed by atoms with Crippen molar-refractivity contribution in [2.75, 3.05) is 18.1 Å². The van der Waals surface area contributed by atoms with Gasteiger partial charge in [-0.1, -0.05) is 62.9 Å². The normalized spacial score (nSPS) is 14.3. The largest absolute Gasteiger partial charge is 0.480 e. The SMILES string of the molecule is CC(CO)SSCCCCCCSSC(C)C(=O)O. The molecule has 0 saturated carbocycles. The zero-order valence-electron chi connectivity index (χ0n) is 11.5. The van der Waals surface area contributed by atoms with Gasteiger partial charge in [0.2, 0.25) is 0 Å². The van der Waals surface area contributed by atoms with Crippen LogP contribution in [0.3, 0.4) is 0 Å². The fourth-order valence-corrected chi connectivity index (χ4v) is 5.50. The molecular weight excluding hydrogens is 320 g/mol. The minimum absolute atomic E-state index is 0.251. The number of hydrogen-bond donors (Lipinski definition) is 2. The van der Waals surface area contributed by atoms with Crippen LogP contribution in [-0.2, 0) is 4.79 Å². The van der Waals surface area contributed by atoms with Gasteiger partial charge in [-0.05, 0) is 19.8 Å². The lowest BCUT2D eigenvalue weighted by Gasteiger charge is -2.06. The molecule has 0 spiro atoms. The zero-order chi connectivity index (χ0) is 14.5. The van der Waals surface area contributed by atoms with Gasteiger partial charge in [0.15, 0.2) is 0 Å². The lowest BCUT2D eigenvalue weighted by molar-refractivity contribution is -0.136. The Morgan fingerprint density at radius 2 is 1.53 bits per heavy atom. The summed E-state index contributed by atoms with van der Waals surface area (Å²) in [5.74, 6) is 1.45. The average Bonchev–Trinajstić information content (AvgIpc) is 2.39. The molecule has 0 aliphatic heterocycles. The van der Waals surface area contributed by atoms with E-state index in [0.29, 0.717) is 5.25 Å². The van der Waals surface area contributed by atoms with E-state index in [1.54, 1.807) is 28.5 Å². The topological polar surface area (TPSA) is 57.5 Å². The van der Waals surface area contributed by atoms with Crippen molar-refractivity contribution in [3.8, 4) is 0 Å². The summed E-state index contributed by atoms with van der Waals surface area (Å²) in [4.78, 5) is 10.6. The molecule has 3 nitrogen and oxygen atoms in total. The van der Waals surface area contributed by atoms with Gasteiger partial charge in [0.1, 0.15) is 5.25 Å². The van der Waals surface area contributed by atoms with Gasteiger partial charge in [0.25, 0.3) is 0 Å². The maximum absolute atomic E-state index is 10.6. The van der Waals surface area contributed by atoms with Gasteiger partial charge in [-0.25, -0.2) is 0 Å². The molecular formula is C12H24O3S4. The van der Waals surface area contributed by atoms with Gasteiger partial charge in [0, 0.05) is 16.8 Å². The first-order valence-electron chi connectivity index (χ1n) is 6.48. The van der Waals surface area contributed by atoms with Gasteiger partial charge >= 0.3 is 5.97 Å². The van der Waals surface area contributed by atoms with E-state index in [1.807, 2.05) is 17.7 Å². The average molecular weight is 345 g/mol. The first kappa shape index (κ1) is 19.8. The third-order valence-corrected chi connectivity index (χ3v) is 8.07. The summed E-state index contributed by atoms with van der Waals surface area (Å²) < 4.78 is 0. The second-order valence-electron chi connectivity index (χ2n) is 4.22. The summed E-state index contributed by atoms with van der Waals surface area (Å²) in [6.07, 6.45) is 4.84. The van der Waals surface area contributed by atoms with Crippen LogP contribution >= 0.6 is 43.2 Å². The molecule has 0 heterocycles. The smallest absolute Gasteiger partial charge is 0.317 e. The Hall–Kier alpha value is 0.830. The second kappa shape index (κ2) is 13.8. The Labute approximate surface area is 132 Å². The molecule has 0 aromatic rings. The molecule has 0 aliphatic rings. The van der Waals surface area contributed by atoms with Gasteiger partial charge in [0.05, 0.1) is 6.61 Å². The number of aliphatic hydroxyl groups is 1. The molecule has 19 heavy (non-hydrogen) atoms. The van der Waals surface area contributed by atoms with E-state index in [1.165, 1.54) is 30.1 Å². The highest BCUT2D eigenvalue weighted by molar-refractivity contribution is 8.77. The molecule has 2 N–H and O–H groups in total. The van der Waals surface area contributed by atoms with E-state index in [4.69, 9.17) is 10.2 Å². The van der Waals surface area contributed by atoms with Crippen LogP contribution in [0.25, 0.3) is 0 Å². The van der Waals surface area contributed by atoms with Crippen molar-refractivity contribution >= 4 is 49.1 Å².